The Labute approximate surface area is 194 Å². The van der Waals surface area contributed by atoms with Gasteiger partial charge in [-0.1, -0.05) is 61.3 Å². The van der Waals surface area contributed by atoms with Gasteiger partial charge in [-0.2, -0.15) is 0 Å². The topological polar surface area (TPSA) is 49.9 Å². The second-order valence-corrected chi connectivity index (χ2v) is 8.69. The summed E-state index contributed by atoms with van der Waals surface area (Å²) in [5.74, 6) is -0.451. The second kappa shape index (κ2) is 10.3. The zero-order chi connectivity index (χ0) is 22.5. The number of ether oxygens (including phenoxy) is 1. The van der Waals surface area contributed by atoms with Gasteiger partial charge in [0.25, 0.3) is 11.8 Å². The summed E-state index contributed by atoms with van der Waals surface area (Å²) < 4.78 is 5.62. The lowest BCUT2D eigenvalue weighted by Crippen LogP contribution is -2.38. The zero-order valence-electron chi connectivity index (χ0n) is 18.5. The number of amides is 2. The van der Waals surface area contributed by atoms with Crippen LogP contribution >= 0.6 is 11.6 Å². The van der Waals surface area contributed by atoms with Crippen molar-refractivity contribution in [1.29, 1.82) is 0 Å². The number of imide groups is 1. The van der Waals surface area contributed by atoms with Gasteiger partial charge in [-0.3, -0.25) is 14.5 Å². The molecule has 0 fully saturated rings. The molecule has 4 rings (SSSR count). The Balaban J connectivity index is 1.58. The summed E-state index contributed by atoms with van der Waals surface area (Å²) in [7, 11) is 0. The third kappa shape index (κ3) is 4.74. The van der Waals surface area contributed by atoms with Crippen molar-refractivity contribution in [1.82, 2.24) is 9.80 Å². The number of nitrogens with zero attached hydrogens (tertiary/aromatic N) is 2. The van der Waals surface area contributed by atoms with Crippen molar-refractivity contribution in [3.63, 3.8) is 0 Å². The highest BCUT2D eigenvalue weighted by Gasteiger charge is 2.41. The first-order valence-corrected chi connectivity index (χ1v) is 11.7. The molecular formula is C26H29ClN2O3. The van der Waals surface area contributed by atoms with E-state index in [1.165, 1.54) is 16.0 Å². The monoisotopic (exact) mass is 452 g/mol. The molecule has 0 N–H and O–H groups in total. The van der Waals surface area contributed by atoms with Crippen molar-refractivity contribution in [3.05, 3.63) is 75.9 Å². The third-order valence-electron chi connectivity index (χ3n) is 6.04. The molecule has 0 saturated heterocycles. The lowest BCUT2D eigenvalue weighted by Gasteiger charge is -2.31. The molecule has 2 aromatic carbocycles. The summed E-state index contributed by atoms with van der Waals surface area (Å²) >= 11 is 6.07. The highest BCUT2D eigenvalue weighted by molar-refractivity contribution is 6.36. The Morgan fingerprint density at radius 3 is 2.41 bits per heavy atom. The molecule has 32 heavy (non-hydrogen) atoms. The largest absolute Gasteiger partial charge is 0.381 e. The van der Waals surface area contributed by atoms with E-state index in [0.717, 1.165) is 24.8 Å². The Kier molecular flexibility index (Phi) is 7.28. The van der Waals surface area contributed by atoms with Crippen LogP contribution in [0.3, 0.4) is 0 Å². The van der Waals surface area contributed by atoms with Gasteiger partial charge in [-0.15, -0.1) is 0 Å². The number of hydrogen-bond donors (Lipinski definition) is 0. The molecule has 6 heteroatoms. The summed E-state index contributed by atoms with van der Waals surface area (Å²) in [6, 6.07) is 15.4. The molecule has 0 aliphatic carbocycles. The molecule has 0 bridgehead atoms. The predicted molar refractivity (Wildman–Crippen MR) is 126 cm³/mol. The number of hydrogen-bond acceptors (Lipinski definition) is 4. The fourth-order valence-corrected chi connectivity index (χ4v) is 4.42. The molecule has 168 valence electrons. The summed E-state index contributed by atoms with van der Waals surface area (Å²) in [6.07, 6.45) is 3.58. The van der Waals surface area contributed by atoms with Crippen LogP contribution in [0.2, 0.25) is 5.02 Å². The van der Waals surface area contributed by atoms with E-state index in [0.29, 0.717) is 55.6 Å². The Morgan fingerprint density at radius 1 is 0.938 bits per heavy atom. The first kappa shape index (κ1) is 22.6. The lowest BCUT2D eigenvalue weighted by molar-refractivity contribution is -0.137. The normalized spacial score (nSPS) is 16.2. The van der Waals surface area contributed by atoms with Gasteiger partial charge in [-0.25, -0.2) is 0 Å². The molecular weight excluding hydrogens is 424 g/mol. The Bertz CT molecular complexity index is 1020. The maximum absolute atomic E-state index is 13.5. The predicted octanol–water partition coefficient (Wildman–Crippen LogP) is 4.69. The van der Waals surface area contributed by atoms with E-state index in [1.54, 1.807) is 12.1 Å². The van der Waals surface area contributed by atoms with Crippen molar-refractivity contribution >= 4 is 29.0 Å². The molecule has 0 saturated carbocycles. The molecule has 2 aromatic rings. The molecule has 0 aromatic heterocycles. The molecule has 0 radical (unpaired) electrons. The van der Waals surface area contributed by atoms with E-state index in [1.807, 2.05) is 24.3 Å². The minimum atomic E-state index is -0.236. The number of unbranched alkanes of at least 4 members (excludes halogenated alkanes) is 1. The Morgan fingerprint density at radius 2 is 1.66 bits per heavy atom. The van der Waals surface area contributed by atoms with Gasteiger partial charge in [0.1, 0.15) is 5.70 Å². The quantitative estimate of drug-likeness (QED) is 0.409. The number of rotatable bonds is 9. The molecule has 0 unspecified atom stereocenters. The molecule has 0 atom stereocenters. The highest BCUT2D eigenvalue weighted by Crippen LogP contribution is 2.34. The van der Waals surface area contributed by atoms with E-state index in [4.69, 9.17) is 16.3 Å². The summed E-state index contributed by atoms with van der Waals surface area (Å²) in [6.45, 7) is 5.06. The van der Waals surface area contributed by atoms with Gasteiger partial charge in [-0.05, 0) is 48.1 Å². The van der Waals surface area contributed by atoms with E-state index in [2.05, 4.69) is 24.0 Å². The first-order valence-electron chi connectivity index (χ1n) is 11.4. The molecule has 2 amide bonds. The number of carbonyl (C=O) groups excluding carboxylic acids is 2. The van der Waals surface area contributed by atoms with Crippen molar-refractivity contribution < 1.29 is 14.3 Å². The van der Waals surface area contributed by atoms with Crippen molar-refractivity contribution in [2.45, 2.75) is 39.2 Å². The average Bonchev–Trinajstić information content (AvgIpc) is 3.06. The van der Waals surface area contributed by atoms with E-state index >= 15 is 0 Å². The van der Waals surface area contributed by atoms with Gasteiger partial charge in [0.2, 0.25) is 0 Å². The smallest absolute Gasteiger partial charge is 0.277 e. The first-order chi connectivity index (χ1) is 15.6. The number of fused-ring (bicyclic) bond motifs is 1. The van der Waals surface area contributed by atoms with E-state index < -0.39 is 0 Å². The SMILES string of the molecule is CCCCOCCCN1C(=O)C(c2ccc(Cl)cc2)=C(N2CCc3ccccc3C2)C1=O. The average molecular weight is 453 g/mol. The van der Waals surface area contributed by atoms with Gasteiger partial charge in [0.15, 0.2) is 0 Å². The van der Waals surface area contributed by atoms with E-state index in [-0.39, 0.29) is 11.8 Å². The Hall–Kier alpha value is -2.63. The number of benzene rings is 2. The fourth-order valence-electron chi connectivity index (χ4n) is 4.30. The maximum Gasteiger partial charge on any atom is 0.277 e. The van der Waals surface area contributed by atoms with Crippen LogP contribution in [0.15, 0.2) is 54.2 Å². The molecule has 0 spiro atoms. The van der Waals surface area contributed by atoms with Crippen LogP contribution in [-0.4, -0.2) is 47.9 Å². The lowest BCUT2D eigenvalue weighted by atomic mass is 9.98. The summed E-state index contributed by atoms with van der Waals surface area (Å²) in [4.78, 5) is 30.3. The zero-order valence-corrected chi connectivity index (χ0v) is 19.2. The molecule has 2 heterocycles. The molecule has 2 aliphatic heterocycles. The van der Waals surface area contributed by atoms with Crippen molar-refractivity contribution in [2.75, 3.05) is 26.3 Å². The van der Waals surface area contributed by atoms with Crippen molar-refractivity contribution in [2.24, 2.45) is 0 Å². The van der Waals surface area contributed by atoms with E-state index in [9.17, 15) is 9.59 Å². The van der Waals surface area contributed by atoms with Crippen LogP contribution in [0.5, 0.6) is 0 Å². The van der Waals surface area contributed by atoms with Gasteiger partial charge < -0.3 is 9.64 Å². The maximum atomic E-state index is 13.5. The van der Waals surface area contributed by atoms with Crippen LogP contribution in [0.1, 0.15) is 42.9 Å². The fraction of sp³-hybridized carbons (Fsp3) is 0.385. The number of carbonyl (C=O) groups is 2. The number of halogens is 1. The minimum Gasteiger partial charge on any atom is -0.381 e. The van der Waals surface area contributed by atoms with Crippen LogP contribution in [0, 0.1) is 0 Å². The molecule has 2 aliphatic rings. The van der Waals surface area contributed by atoms with Gasteiger partial charge >= 0.3 is 0 Å². The minimum absolute atomic E-state index is 0.215. The summed E-state index contributed by atoms with van der Waals surface area (Å²) in [5.41, 5.74) is 4.19. The van der Waals surface area contributed by atoms with Gasteiger partial charge in [0, 0.05) is 37.9 Å². The van der Waals surface area contributed by atoms with Crippen LogP contribution in [-0.2, 0) is 27.3 Å². The second-order valence-electron chi connectivity index (χ2n) is 8.25. The standard InChI is InChI=1S/C26H29ClN2O3/c1-2-3-16-32-17-6-14-29-25(30)23(20-9-11-22(27)12-10-20)24(26(29)31)28-15-13-19-7-4-5-8-21(19)18-28/h4-5,7-12H,2-3,6,13-18H2,1H3. The van der Waals surface area contributed by atoms with Gasteiger partial charge in [0.05, 0.1) is 5.57 Å². The van der Waals surface area contributed by atoms with Crippen LogP contribution in [0.4, 0.5) is 0 Å². The van der Waals surface area contributed by atoms with Crippen LogP contribution in [0.25, 0.3) is 5.57 Å². The molecule has 5 nitrogen and oxygen atoms in total. The summed E-state index contributed by atoms with van der Waals surface area (Å²) in [5, 5.41) is 0.598. The highest BCUT2D eigenvalue weighted by atomic mass is 35.5. The van der Waals surface area contributed by atoms with Crippen molar-refractivity contribution in [3.8, 4) is 0 Å². The third-order valence-corrected chi connectivity index (χ3v) is 6.29. The van der Waals surface area contributed by atoms with Crippen LogP contribution < -0.4 is 0 Å².